The minimum atomic E-state index is -0.183. The number of hydrogen-bond acceptors (Lipinski definition) is 4. The van der Waals surface area contributed by atoms with Crippen molar-refractivity contribution in [1.29, 1.82) is 0 Å². The molecule has 1 saturated heterocycles. The van der Waals surface area contributed by atoms with E-state index in [-0.39, 0.29) is 12.0 Å². The van der Waals surface area contributed by atoms with E-state index in [0.29, 0.717) is 13.2 Å². The first-order chi connectivity index (χ1) is 13.3. The van der Waals surface area contributed by atoms with Crippen LogP contribution in [-0.2, 0) is 11.2 Å². The van der Waals surface area contributed by atoms with Crippen molar-refractivity contribution >= 4 is 5.91 Å². The number of nitrogens with one attached hydrogen (secondary N) is 1. The van der Waals surface area contributed by atoms with E-state index < -0.39 is 0 Å². The van der Waals surface area contributed by atoms with E-state index in [2.05, 4.69) is 28.5 Å². The van der Waals surface area contributed by atoms with Crippen LogP contribution in [0.5, 0.6) is 0 Å². The van der Waals surface area contributed by atoms with Crippen molar-refractivity contribution < 1.29 is 9.53 Å². The Morgan fingerprint density at radius 1 is 1.11 bits per heavy atom. The van der Waals surface area contributed by atoms with Gasteiger partial charge >= 0.3 is 0 Å². The Bertz CT molecular complexity index is 802. The molecule has 5 nitrogen and oxygen atoms in total. The summed E-state index contributed by atoms with van der Waals surface area (Å²) in [5, 5.41) is 7.39. The molecular weight excluding hydrogens is 338 g/mol. The molecule has 0 radical (unpaired) electrons. The van der Waals surface area contributed by atoms with Gasteiger partial charge in [0.15, 0.2) is 0 Å². The van der Waals surface area contributed by atoms with Crippen molar-refractivity contribution in [1.82, 2.24) is 15.3 Å². The molecule has 142 valence electrons. The Hall–Kier alpha value is -2.21. The average molecular weight is 365 g/mol. The van der Waals surface area contributed by atoms with Crippen molar-refractivity contribution in [2.75, 3.05) is 39.3 Å². The van der Waals surface area contributed by atoms with Crippen LogP contribution in [0.2, 0.25) is 0 Å². The number of hydrazine groups is 1. The van der Waals surface area contributed by atoms with Gasteiger partial charge in [0.2, 0.25) is 0 Å². The summed E-state index contributed by atoms with van der Waals surface area (Å²) < 4.78 is 6.15. The zero-order chi connectivity index (χ0) is 18.6. The summed E-state index contributed by atoms with van der Waals surface area (Å²) in [5.41, 5.74) is 4.18. The summed E-state index contributed by atoms with van der Waals surface area (Å²) in [6.45, 7) is 6.90. The molecule has 5 heteroatoms. The van der Waals surface area contributed by atoms with Crippen molar-refractivity contribution in [2.24, 2.45) is 0 Å². The lowest BCUT2D eigenvalue weighted by Crippen LogP contribution is -2.54. The van der Waals surface area contributed by atoms with Gasteiger partial charge < -0.3 is 10.1 Å². The molecule has 1 N–H and O–H groups in total. The van der Waals surface area contributed by atoms with Gasteiger partial charge in [-0.05, 0) is 36.1 Å². The number of rotatable bonds is 4. The van der Waals surface area contributed by atoms with E-state index in [1.165, 1.54) is 11.1 Å². The maximum atomic E-state index is 13.5. The van der Waals surface area contributed by atoms with Crippen LogP contribution in [0.1, 0.15) is 40.1 Å². The fraction of sp³-hybridized carbons (Fsp3) is 0.409. The zero-order valence-electron chi connectivity index (χ0n) is 15.9. The van der Waals surface area contributed by atoms with Crippen LogP contribution in [0.3, 0.4) is 0 Å². The van der Waals surface area contributed by atoms with Gasteiger partial charge in [-0.25, -0.2) is 5.01 Å². The van der Waals surface area contributed by atoms with Gasteiger partial charge in [-0.3, -0.25) is 9.80 Å². The van der Waals surface area contributed by atoms with E-state index in [1.807, 2.05) is 42.3 Å². The molecular formula is C22H27N3O2. The molecule has 2 aromatic rings. The number of fused-ring (bicyclic) bond motifs is 1. The molecule has 1 fully saturated rings. The lowest BCUT2D eigenvalue weighted by atomic mass is 9.90. The second kappa shape index (κ2) is 8.21. The second-order valence-electron chi connectivity index (χ2n) is 7.01. The monoisotopic (exact) mass is 365 g/mol. The molecule has 1 amide bonds. The number of ether oxygens (including phenoxy) is 1. The molecule has 0 saturated carbocycles. The fourth-order valence-corrected chi connectivity index (χ4v) is 4.08. The minimum absolute atomic E-state index is 0.0571. The summed E-state index contributed by atoms with van der Waals surface area (Å²) >= 11 is 0. The zero-order valence-corrected chi connectivity index (χ0v) is 15.9. The number of piperazine rings is 1. The fourth-order valence-electron chi connectivity index (χ4n) is 4.08. The highest BCUT2D eigenvalue weighted by atomic mass is 16.5. The molecule has 0 aliphatic carbocycles. The van der Waals surface area contributed by atoms with E-state index in [1.54, 1.807) is 0 Å². The van der Waals surface area contributed by atoms with Crippen molar-refractivity contribution in [3.8, 4) is 0 Å². The van der Waals surface area contributed by atoms with Crippen LogP contribution >= 0.6 is 0 Å². The van der Waals surface area contributed by atoms with Crippen LogP contribution < -0.4 is 5.32 Å². The molecule has 1 unspecified atom stereocenters. The number of benzene rings is 2. The van der Waals surface area contributed by atoms with E-state index in [4.69, 9.17) is 4.74 Å². The Balaban J connectivity index is 1.68. The molecule has 0 bridgehead atoms. The van der Waals surface area contributed by atoms with E-state index >= 15 is 0 Å². The summed E-state index contributed by atoms with van der Waals surface area (Å²) in [6, 6.07) is 16.3. The maximum absolute atomic E-state index is 13.5. The quantitative estimate of drug-likeness (QED) is 0.905. The van der Waals surface area contributed by atoms with Crippen LogP contribution in [0.15, 0.2) is 48.5 Å². The van der Waals surface area contributed by atoms with E-state index in [0.717, 1.165) is 43.7 Å². The number of hydrogen-bond donors (Lipinski definition) is 1. The van der Waals surface area contributed by atoms with Gasteiger partial charge in [-0.2, -0.15) is 0 Å². The van der Waals surface area contributed by atoms with Crippen LogP contribution in [0, 0.1) is 0 Å². The molecule has 0 spiro atoms. The van der Waals surface area contributed by atoms with Gasteiger partial charge in [0, 0.05) is 38.3 Å². The SMILES string of the molecule is CCN(C(=O)c1ccccc1C1OCCc2ccccc21)N1CCNCC1. The highest BCUT2D eigenvalue weighted by Gasteiger charge is 2.29. The molecule has 0 aromatic heterocycles. The van der Waals surface area contributed by atoms with Gasteiger partial charge in [0.05, 0.1) is 6.61 Å². The number of carbonyl (C=O) groups is 1. The Morgan fingerprint density at radius 3 is 2.59 bits per heavy atom. The molecule has 2 heterocycles. The smallest absolute Gasteiger partial charge is 0.268 e. The van der Waals surface area contributed by atoms with Crippen LogP contribution in [-0.4, -0.2) is 55.3 Å². The van der Waals surface area contributed by atoms with Gasteiger partial charge in [0.25, 0.3) is 5.91 Å². The topological polar surface area (TPSA) is 44.8 Å². The Morgan fingerprint density at radius 2 is 1.81 bits per heavy atom. The van der Waals surface area contributed by atoms with Crippen molar-refractivity contribution in [3.05, 3.63) is 70.8 Å². The normalized spacial score (nSPS) is 20.1. The predicted molar refractivity (Wildman–Crippen MR) is 106 cm³/mol. The lowest BCUT2D eigenvalue weighted by Gasteiger charge is -2.37. The second-order valence-corrected chi connectivity index (χ2v) is 7.01. The predicted octanol–water partition coefficient (Wildman–Crippen LogP) is 2.63. The number of carbonyl (C=O) groups excluding carboxylic acids is 1. The first-order valence-electron chi connectivity index (χ1n) is 9.85. The standard InChI is InChI=1S/C22H27N3O2/c1-2-25(24-14-12-23-13-15-24)22(26)20-10-6-5-9-19(20)21-18-8-4-3-7-17(18)11-16-27-21/h3-10,21,23H,2,11-16H2,1H3. The van der Waals surface area contributed by atoms with E-state index in [9.17, 15) is 4.79 Å². The minimum Gasteiger partial charge on any atom is -0.368 e. The molecule has 2 aliphatic rings. The summed E-state index contributed by atoms with van der Waals surface area (Å²) in [7, 11) is 0. The van der Waals surface area contributed by atoms with Gasteiger partial charge in [-0.15, -0.1) is 0 Å². The third-order valence-corrected chi connectivity index (χ3v) is 5.44. The maximum Gasteiger partial charge on any atom is 0.268 e. The number of nitrogens with zero attached hydrogens (tertiary/aromatic N) is 2. The molecule has 2 aliphatic heterocycles. The first kappa shape index (κ1) is 18.2. The Kier molecular flexibility index (Phi) is 5.53. The van der Waals surface area contributed by atoms with Crippen LogP contribution in [0.25, 0.3) is 0 Å². The molecule has 27 heavy (non-hydrogen) atoms. The van der Waals surface area contributed by atoms with Crippen molar-refractivity contribution in [3.63, 3.8) is 0 Å². The van der Waals surface area contributed by atoms with Gasteiger partial charge in [-0.1, -0.05) is 42.5 Å². The Labute approximate surface area is 160 Å². The number of amides is 1. The van der Waals surface area contributed by atoms with Crippen LogP contribution in [0.4, 0.5) is 0 Å². The molecule has 2 aromatic carbocycles. The largest absolute Gasteiger partial charge is 0.368 e. The molecule has 4 rings (SSSR count). The average Bonchev–Trinajstić information content (AvgIpc) is 2.74. The highest BCUT2D eigenvalue weighted by Crippen LogP contribution is 2.34. The third-order valence-electron chi connectivity index (χ3n) is 5.44. The highest BCUT2D eigenvalue weighted by molar-refractivity contribution is 5.95. The lowest BCUT2D eigenvalue weighted by molar-refractivity contribution is -0.0145. The summed E-state index contributed by atoms with van der Waals surface area (Å²) in [4.78, 5) is 13.5. The van der Waals surface area contributed by atoms with Crippen molar-refractivity contribution in [2.45, 2.75) is 19.4 Å². The molecule has 1 atom stereocenters. The first-order valence-corrected chi connectivity index (χ1v) is 9.85. The summed E-state index contributed by atoms with van der Waals surface area (Å²) in [6.07, 6.45) is 0.738. The third kappa shape index (κ3) is 3.63. The van der Waals surface area contributed by atoms with Gasteiger partial charge in [0.1, 0.15) is 6.10 Å². The summed E-state index contributed by atoms with van der Waals surface area (Å²) in [5.74, 6) is 0.0571.